The van der Waals surface area contributed by atoms with Gasteiger partial charge in [0.25, 0.3) is 0 Å². The Morgan fingerprint density at radius 1 is 1.44 bits per heavy atom. The zero-order valence-electron chi connectivity index (χ0n) is 9.02. The molecule has 82 valence electrons. The van der Waals surface area contributed by atoms with Crippen LogP contribution in [0.5, 0.6) is 0 Å². The molecule has 0 saturated heterocycles. The quantitative estimate of drug-likeness (QED) is 0.775. The Balaban J connectivity index is 2.39. The fourth-order valence-electron chi connectivity index (χ4n) is 1.37. The highest BCUT2D eigenvalue weighted by Crippen LogP contribution is 2.16. The van der Waals surface area contributed by atoms with Gasteiger partial charge in [0.05, 0.1) is 12.7 Å². The van der Waals surface area contributed by atoms with Crippen LogP contribution >= 0.6 is 0 Å². The van der Waals surface area contributed by atoms with Gasteiger partial charge in [0.15, 0.2) is 5.82 Å². The Bertz CT molecular complexity index is 519. The number of rotatable bonds is 2. The number of benzene rings is 1. The van der Waals surface area contributed by atoms with E-state index < -0.39 is 0 Å². The number of nitrogens with one attached hydrogen (secondary N) is 1. The van der Waals surface area contributed by atoms with E-state index in [1.165, 1.54) is 7.11 Å². The molecule has 0 saturated carbocycles. The molecule has 5 heteroatoms. The van der Waals surface area contributed by atoms with Crippen molar-refractivity contribution in [1.82, 2.24) is 15.2 Å². The highest BCUT2D eigenvalue weighted by molar-refractivity contribution is 5.90. The summed E-state index contributed by atoms with van der Waals surface area (Å²) in [6.07, 6.45) is 0. The molecule has 0 aliphatic rings. The minimum atomic E-state index is -0.367. The summed E-state index contributed by atoms with van der Waals surface area (Å²) in [6.45, 7) is 1.82. The first-order valence-electron chi connectivity index (χ1n) is 4.78. The SMILES string of the molecule is COC(=O)c1cccc(-c2n[nH]c(C)n2)c1. The van der Waals surface area contributed by atoms with Crippen molar-refractivity contribution in [2.24, 2.45) is 0 Å². The lowest BCUT2D eigenvalue weighted by molar-refractivity contribution is 0.0601. The molecule has 2 aromatic rings. The van der Waals surface area contributed by atoms with E-state index in [0.717, 1.165) is 11.4 Å². The number of nitrogens with zero attached hydrogens (tertiary/aromatic N) is 2. The lowest BCUT2D eigenvalue weighted by atomic mass is 10.1. The molecule has 0 radical (unpaired) electrons. The second-order valence-electron chi connectivity index (χ2n) is 3.32. The molecule has 1 aromatic heterocycles. The topological polar surface area (TPSA) is 67.9 Å². The number of carbonyl (C=O) groups is 1. The van der Waals surface area contributed by atoms with E-state index in [1.807, 2.05) is 13.0 Å². The van der Waals surface area contributed by atoms with E-state index in [4.69, 9.17) is 0 Å². The third kappa shape index (κ3) is 1.93. The summed E-state index contributed by atoms with van der Waals surface area (Å²) in [5.74, 6) is 0.941. The van der Waals surface area contributed by atoms with E-state index in [1.54, 1.807) is 18.2 Å². The number of aromatic amines is 1. The molecule has 0 amide bonds. The van der Waals surface area contributed by atoms with Gasteiger partial charge in [-0.15, -0.1) is 0 Å². The molecule has 0 atom stereocenters. The Hall–Kier alpha value is -2.17. The second kappa shape index (κ2) is 4.14. The van der Waals surface area contributed by atoms with E-state index in [-0.39, 0.29) is 5.97 Å². The number of H-pyrrole nitrogens is 1. The Kier molecular flexibility index (Phi) is 2.68. The molecule has 1 N–H and O–H groups in total. The molecular formula is C11H11N3O2. The number of aromatic nitrogens is 3. The molecule has 16 heavy (non-hydrogen) atoms. The molecule has 0 aliphatic carbocycles. The predicted octanol–water partition coefficient (Wildman–Crippen LogP) is 1.57. The summed E-state index contributed by atoms with van der Waals surface area (Å²) in [4.78, 5) is 15.5. The summed E-state index contributed by atoms with van der Waals surface area (Å²) in [5.41, 5.74) is 1.27. The number of carbonyl (C=O) groups excluding carboxylic acids is 1. The van der Waals surface area contributed by atoms with Crippen LogP contribution < -0.4 is 0 Å². The van der Waals surface area contributed by atoms with Gasteiger partial charge >= 0.3 is 5.97 Å². The van der Waals surface area contributed by atoms with Crippen molar-refractivity contribution in [3.63, 3.8) is 0 Å². The fourth-order valence-corrected chi connectivity index (χ4v) is 1.37. The average Bonchev–Trinajstić information content (AvgIpc) is 2.75. The van der Waals surface area contributed by atoms with Gasteiger partial charge in [-0.1, -0.05) is 12.1 Å². The van der Waals surface area contributed by atoms with E-state index in [2.05, 4.69) is 19.9 Å². The molecular weight excluding hydrogens is 206 g/mol. The van der Waals surface area contributed by atoms with Crippen LogP contribution in [0.1, 0.15) is 16.2 Å². The molecule has 0 spiro atoms. The first kappa shape index (κ1) is 10.4. The summed E-state index contributed by atoms with van der Waals surface area (Å²) < 4.78 is 4.64. The van der Waals surface area contributed by atoms with Crippen LogP contribution in [0.4, 0.5) is 0 Å². The summed E-state index contributed by atoms with van der Waals surface area (Å²) >= 11 is 0. The van der Waals surface area contributed by atoms with Crippen molar-refractivity contribution in [2.45, 2.75) is 6.92 Å². The Labute approximate surface area is 92.5 Å². The van der Waals surface area contributed by atoms with Crippen molar-refractivity contribution >= 4 is 5.97 Å². The molecule has 0 fully saturated rings. The Morgan fingerprint density at radius 2 is 2.25 bits per heavy atom. The van der Waals surface area contributed by atoms with Gasteiger partial charge in [-0.05, 0) is 19.1 Å². The zero-order chi connectivity index (χ0) is 11.5. The summed E-state index contributed by atoms with van der Waals surface area (Å²) in [5, 5.41) is 6.78. The fraction of sp³-hybridized carbons (Fsp3) is 0.182. The number of esters is 1. The third-order valence-corrected chi connectivity index (χ3v) is 2.14. The Morgan fingerprint density at radius 3 is 2.88 bits per heavy atom. The third-order valence-electron chi connectivity index (χ3n) is 2.14. The van der Waals surface area contributed by atoms with Gasteiger partial charge in [0.1, 0.15) is 5.82 Å². The zero-order valence-corrected chi connectivity index (χ0v) is 9.02. The first-order valence-corrected chi connectivity index (χ1v) is 4.78. The predicted molar refractivity (Wildman–Crippen MR) is 57.9 cm³/mol. The lowest BCUT2D eigenvalue weighted by Crippen LogP contribution is -2.00. The van der Waals surface area contributed by atoms with Crippen LogP contribution in [0.3, 0.4) is 0 Å². The molecule has 1 heterocycles. The number of ether oxygens (including phenoxy) is 1. The van der Waals surface area contributed by atoms with Crippen LogP contribution in [0, 0.1) is 6.92 Å². The molecule has 0 aliphatic heterocycles. The molecule has 1 aromatic carbocycles. The maximum absolute atomic E-state index is 11.3. The maximum atomic E-state index is 11.3. The highest BCUT2D eigenvalue weighted by atomic mass is 16.5. The summed E-state index contributed by atoms with van der Waals surface area (Å²) in [7, 11) is 1.35. The van der Waals surface area contributed by atoms with Crippen molar-refractivity contribution in [3.8, 4) is 11.4 Å². The van der Waals surface area contributed by atoms with Gasteiger partial charge < -0.3 is 4.74 Å². The summed E-state index contributed by atoms with van der Waals surface area (Å²) in [6, 6.07) is 7.01. The first-order chi connectivity index (χ1) is 7.70. The molecule has 2 rings (SSSR count). The lowest BCUT2D eigenvalue weighted by Gasteiger charge is -2.00. The number of hydrogen-bond donors (Lipinski definition) is 1. The van der Waals surface area contributed by atoms with E-state index in [0.29, 0.717) is 11.4 Å². The van der Waals surface area contributed by atoms with Gasteiger partial charge in [-0.25, -0.2) is 9.78 Å². The largest absolute Gasteiger partial charge is 0.465 e. The van der Waals surface area contributed by atoms with Crippen LogP contribution in [0.2, 0.25) is 0 Å². The van der Waals surface area contributed by atoms with E-state index >= 15 is 0 Å². The molecule has 0 bridgehead atoms. The standard InChI is InChI=1S/C11H11N3O2/c1-7-12-10(14-13-7)8-4-3-5-9(6-8)11(15)16-2/h3-6H,1-2H3,(H,12,13,14). The van der Waals surface area contributed by atoms with Crippen LogP contribution in [0.15, 0.2) is 24.3 Å². The smallest absolute Gasteiger partial charge is 0.337 e. The van der Waals surface area contributed by atoms with Crippen LogP contribution in [-0.4, -0.2) is 28.3 Å². The minimum absolute atomic E-state index is 0.367. The average molecular weight is 217 g/mol. The molecule has 0 unspecified atom stereocenters. The number of hydrogen-bond acceptors (Lipinski definition) is 4. The number of methoxy groups -OCH3 is 1. The van der Waals surface area contributed by atoms with E-state index in [9.17, 15) is 4.79 Å². The monoisotopic (exact) mass is 217 g/mol. The van der Waals surface area contributed by atoms with Crippen molar-refractivity contribution in [2.75, 3.05) is 7.11 Å². The maximum Gasteiger partial charge on any atom is 0.337 e. The van der Waals surface area contributed by atoms with Crippen molar-refractivity contribution < 1.29 is 9.53 Å². The van der Waals surface area contributed by atoms with Gasteiger partial charge in [0.2, 0.25) is 0 Å². The van der Waals surface area contributed by atoms with Crippen LogP contribution in [-0.2, 0) is 4.74 Å². The van der Waals surface area contributed by atoms with Gasteiger partial charge in [-0.2, -0.15) is 5.10 Å². The molecule has 5 nitrogen and oxygen atoms in total. The number of aryl methyl sites for hydroxylation is 1. The van der Waals surface area contributed by atoms with Gasteiger partial charge in [0, 0.05) is 5.56 Å². The van der Waals surface area contributed by atoms with Crippen molar-refractivity contribution in [1.29, 1.82) is 0 Å². The highest BCUT2D eigenvalue weighted by Gasteiger charge is 2.08. The minimum Gasteiger partial charge on any atom is -0.465 e. The normalized spacial score (nSPS) is 10.1. The van der Waals surface area contributed by atoms with Crippen molar-refractivity contribution in [3.05, 3.63) is 35.7 Å². The second-order valence-corrected chi connectivity index (χ2v) is 3.32. The van der Waals surface area contributed by atoms with Gasteiger partial charge in [-0.3, -0.25) is 5.10 Å². The van der Waals surface area contributed by atoms with Crippen LogP contribution in [0.25, 0.3) is 11.4 Å².